The van der Waals surface area contributed by atoms with E-state index in [-0.39, 0.29) is 6.42 Å². The molecule has 0 N–H and O–H groups in total. The summed E-state index contributed by atoms with van der Waals surface area (Å²) < 4.78 is 15.0. The predicted octanol–water partition coefficient (Wildman–Crippen LogP) is 3.63. The minimum Gasteiger partial charge on any atom is -0.466 e. The summed E-state index contributed by atoms with van der Waals surface area (Å²) >= 11 is 0. The molecule has 6 nitrogen and oxygen atoms in total. The molecule has 1 rings (SSSR count). The first-order valence-electron chi connectivity index (χ1n) is 8.61. The van der Waals surface area contributed by atoms with E-state index in [2.05, 4.69) is 4.74 Å². The van der Waals surface area contributed by atoms with E-state index in [9.17, 15) is 14.4 Å². The van der Waals surface area contributed by atoms with Crippen molar-refractivity contribution in [1.82, 2.24) is 0 Å². The van der Waals surface area contributed by atoms with Crippen LogP contribution < -0.4 is 4.74 Å². The van der Waals surface area contributed by atoms with Crippen LogP contribution in [0.25, 0.3) is 6.08 Å². The van der Waals surface area contributed by atoms with Crippen LogP contribution in [0.1, 0.15) is 45.2 Å². The van der Waals surface area contributed by atoms with Gasteiger partial charge in [0.05, 0.1) is 13.5 Å². The zero-order chi connectivity index (χ0) is 20.4. The number of carbonyl (C=O) groups is 3. The Balaban J connectivity index is 2.97. The summed E-state index contributed by atoms with van der Waals surface area (Å²) in [5.41, 5.74) is 2.72. The molecule has 27 heavy (non-hydrogen) atoms. The molecule has 0 saturated carbocycles. The molecule has 0 aliphatic carbocycles. The van der Waals surface area contributed by atoms with Crippen molar-refractivity contribution in [2.24, 2.45) is 0 Å². The molecule has 0 aliphatic heterocycles. The molecule has 146 valence electrons. The van der Waals surface area contributed by atoms with Crippen LogP contribution in [0.2, 0.25) is 0 Å². The predicted molar refractivity (Wildman–Crippen MR) is 102 cm³/mol. The van der Waals surface area contributed by atoms with Crippen molar-refractivity contribution >= 4 is 24.0 Å². The summed E-state index contributed by atoms with van der Waals surface area (Å²) in [6.45, 7) is 6.88. The molecule has 1 aromatic carbocycles. The van der Waals surface area contributed by atoms with Crippen molar-refractivity contribution < 1.29 is 28.6 Å². The Kier molecular flexibility index (Phi) is 8.99. The first kappa shape index (κ1) is 22.2. The van der Waals surface area contributed by atoms with Crippen LogP contribution in [0.5, 0.6) is 5.75 Å². The molecule has 0 spiro atoms. The van der Waals surface area contributed by atoms with Crippen LogP contribution in [0, 0.1) is 0 Å². The Bertz CT molecular complexity index is 741. The van der Waals surface area contributed by atoms with Crippen LogP contribution in [0.3, 0.4) is 0 Å². The zero-order valence-electron chi connectivity index (χ0n) is 16.4. The molecule has 1 aromatic rings. The third-order valence-electron chi connectivity index (χ3n) is 3.47. The first-order chi connectivity index (χ1) is 12.7. The number of hydrogen-bond acceptors (Lipinski definition) is 6. The van der Waals surface area contributed by atoms with Gasteiger partial charge in [0, 0.05) is 13.0 Å². The second-order valence-corrected chi connectivity index (χ2v) is 6.31. The Hall–Kier alpha value is -2.89. The van der Waals surface area contributed by atoms with E-state index in [1.165, 1.54) is 20.1 Å². The Morgan fingerprint density at radius 3 is 2.44 bits per heavy atom. The maximum absolute atomic E-state index is 12.1. The van der Waals surface area contributed by atoms with Gasteiger partial charge in [0.2, 0.25) is 0 Å². The molecular formula is C21H26O6. The van der Waals surface area contributed by atoms with Crippen LogP contribution in [0.15, 0.2) is 35.9 Å². The molecule has 0 amide bonds. The minimum absolute atomic E-state index is 0.0361. The SMILES string of the molecule is COC(=O)C=Cc1ccc(OC(=O)CC(C)OC(C)=O)c(CC=C(C)C)c1. The highest BCUT2D eigenvalue weighted by molar-refractivity contribution is 5.87. The fourth-order valence-corrected chi connectivity index (χ4v) is 2.23. The summed E-state index contributed by atoms with van der Waals surface area (Å²) in [6, 6.07) is 5.26. The standard InChI is InChI=1S/C21H26O6/c1-14(2)6-9-18-13-17(8-11-20(23)25-5)7-10-19(18)27-21(24)12-15(3)26-16(4)22/h6-8,10-11,13,15H,9,12H2,1-5H3. The average molecular weight is 374 g/mol. The van der Waals surface area contributed by atoms with Crippen molar-refractivity contribution in [2.75, 3.05) is 7.11 Å². The van der Waals surface area contributed by atoms with Crippen molar-refractivity contribution in [3.8, 4) is 5.75 Å². The van der Waals surface area contributed by atoms with E-state index >= 15 is 0 Å². The summed E-state index contributed by atoms with van der Waals surface area (Å²) in [6.07, 6.45) is 4.95. The lowest BCUT2D eigenvalue weighted by atomic mass is 10.0. The number of ether oxygens (including phenoxy) is 3. The van der Waals surface area contributed by atoms with Gasteiger partial charge in [0.1, 0.15) is 11.9 Å². The topological polar surface area (TPSA) is 78.9 Å². The van der Waals surface area contributed by atoms with Gasteiger partial charge in [0.25, 0.3) is 0 Å². The molecule has 0 aliphatic rings. The number of methoxy groups -OCH3 is 1. The third-order valence-corrected chi connectivity index (χ3v) is 3.47. The Labute approximate surface area is 159 Å². The molecular weight excluding hydrogens is 348 g/mol. The molecule has 0 radical (unpaired) electrons. The second-order valence-electron chi connectivity index (χ2n) is 6.31. The quantitative estimate of drug-likeness (QED) is 0.299. The van der Waals surface area contributed by atoms with E-state index in [0.717, 1.165) is 16.7 Å². The third kappa shape index (κ3) is 8.85. The van der Waals surface area contributed by atoms with Gasteiger partial charge in [-0.25, -0.2) is 4.79 Å². The summed E-state index contributed by atoms with van der Waals surface area (Å²) in [4.78, 5) is 34.3. The number of hydrogen-bond donors (Lipinski definition) is 0. The molecule has 0 fully saturated rings. The zero-order valence-corrected chi connectivity index (χ0v) is 16.4. The highest BCUT2D eigenvalue weighted by Crippen LogP contribution is 2.23. The first-order valence-corrected chi connectivity index (χ1v) is 8.61. The fraction of sp³-hybridized carbons (Fsp3) is 0.381. The van der Waals surface area contributed by atoms with Crippen LogP contribution in [0.4, 0.5) is 0 Å². The van der Waals surface area contributed by atoms with Crippen molar-refractivity contribution in [3.05, 3.63) is 47.1 Å². The molecule has 0 aromatic heterocycles. The number of carbonyl (C=O) groups excluding carboxylic acids is 3. The molecule has 1 unspecified atom stereocenters. The van der Waals surface area contributed by atoms with E-state index in [4.69, 9.17) is 9.47 Å². The van der Waals surface area contributed by atoms with Gasteiger partial charge in [-0.15, -0.1) is 0 Å². The van der Waals surface area contributed by atoms with Crippen LogP contribution in [-0.2, 0) is 30.3 Å². The van der Waals surface area contributed by atoms with Gasteiger partial charge in [-0.2, -0.15) is 0 Å². The average Bonchev–Trinajstić information content (AvgIpc) is 2.58. The number of benzene rings is 1. The van der Waals surface area contributed by atoms with E-state index in [1.54, 1.807) is 25.1 Å². The van der Waals surface area contributed by atoms with E-state index in [0.29, 0.717) is 12.2 Å². The molecule has 6 heteroatoms. The van der Waals surface area contributed by atoms with E-state index < -0.39 is 24.0 Å². The summed E-state index contributed by atoms with van der Waals surface area (Å²) in [7, 11) is 1.31. The minimum atomic E-state index is -0.557. The highest BCUT2D eigenvalue weighted by Gasteiger charge is 2.15. The lowest BCUT2D eigenvalue weighted by Gasteiger charge is -2.13. The van der Waals surface area contributed by atoms with Crippen molar-refractivity contribution in [1.29, 1.82) is 0 Å². The van der Waals surface area contributed by atoms with Crippen LogP contribution >= 0.6 is 0 Å². The van der Waals surface area contributed by atoms with Gasteiger partial charge >= 0.3 is 17.9 Å². The maximum Gasteiger partial charge on any atom is 0.330 e. The lowest BCUT2D eigenvalue weighted by molar-refractivity contribution is -0.149. The lowest BCUT2D eigenvalue weighted by Crippen LogP contribution is -2.20. The fourth-order valence-electron chi connectivity index (χ4n) is 2.23. The van der Waals surface area contributed by atoms with Crippen molar-refractivity contribution in [3.63, 3.8) is 0 Å². The van der Waals surface area contributed by atoms with Gasteiger partial charge in [0.15, 0.2) is 0 Å². The normalized spacial score (nSPS) is 11.6. The van der Waals surface area contributed by atoms with Crippen LogP contribution in [-0.4, -0.2) is 31.1 Å². The largest absolute Gasteiger partial charge is 0.466 e. The molecule has 1 atom stereocenters. The van der Waals surface area contributed by atoms with Gasteiger partial charge < -0.3 is 14.2 Å². The highest BCUT2D eigenvalue weighted by atomic mass is 16.6. The molecule has 0 saturated heterocycles. The Morgan fingerprint density at radius 2 is 1.85 bits per heavy atom. The molecule has 0 heterocycles. The Morgan fingerprint density at radius 1 is 1.15 bits per heavy atom. The smallest absolute Gasteiger partial charge is 0.330 e. The number of esters is 3. The number of allylic oxidation sites excluding steroid dienone is 2. The van der Waals surface area contributed by atoms with Gasteiger partial charge in [-0.1, -0.05) is 17.7 Å². The second kappa shape index (κ2) is 11.0. The monoisotopic (exact) mass is 374 g/mol. The van der Waals surface area contributed by atoms with Gasteiger partial charge in [-0.05, 0) is 56.5 Å². The van der Waals surface area contributed by atoms with E-state index in [1.807, 2.05) is 26.0 Å². The maximum atomic E-state index is 12.1. The number of rotatable bonds is 8. The van der Waals surface area contributed by atoms with Gasteiger partial charge in [-0.3, -0.25) is 9.59 Å². The summed E-state index contributed by atoms with van der Waals surface area (Å²) in [5, 5.41) is 0. The molecule has 0 bridgehead atoms. The summed E-state index contributed by atoms with van der Waals surface area (Å²) in [5.74, 6) is -0.945. The van der Waals surface area contributed by atoms with Crippen molar-refractivity contribution in [2.45, 2.75) is 46.6 Å².